The first-order chi connectivity index (χ1) is 4.22. The number of allylic oxidation sites excluding steroid dienone is 2. The van der Waals surface area contributed by atoms with Gasteiger partial charge in [0.2, 0.25) is 0 Å². The lowest BCUT2D eigenvalue weighted by atomic mass is 10.1. The summed E-state index contributed by atoms with van der Waals surface area (Å²) in [5, 5.41) is 11.2. The third kappa shape index (κ3) is 2.76. The number of rotatable bonds is 2. The minimum absolute atomic E-state index is 0.412. The molecule has 0 aromatic carbocycles. The second kappa shape index (κ2) is 3.96. The fourth-order valence-electron chi connectivity index (χ4n) is 0.597. The Morgan fingerprint density at radius 2 is 2.22 bits per heavy atom. The third-order valence-electron chi connectivity index (χ3n) is 1.13. The Bertz CT molecular complexity index is 139. The van der Waals surface area contributed by atoms with E-state index in [1.165, 1.54) is 6.08 Å². The van der Waals surface area contributed by atoms with Gasteiger partial charge in [0.15, 0.2) is 0 Å². The molecule has 0 rings (SSSR count). The predicted octanol–water partition coefficient (Wildman–Crippen LogP) is 1.27. The molecule has 1 N–H and O–H groups in total. The van der Waals surface area contributed by atoms with Crippen LogP contribution in [-0.2, 0) is 0 Å². The van der Waals surface area contributed by atoms with Gasteiger partial charge in [0, 0.05) is 18.8 Å². The van der Waals surface area contributed by atoms with Crippen LogP contribution in [0.3, 0.4) is 0 Å². The quantitative estimate of drug-likeness (QED) is 0.563. The monoisotopic (exact) mass is 124 g/mol. The molecule has 0 saturated heterocycles. The van der Waals surface area contributed by atoms with Crippen molar-refractivity contribution in [2.75, 3.05) is 7.05 Å². The normalized spacial score (nSPS) is 11.2. The van der Waals surface area contributed by atoms with E-state index in [9.17, 15) is 0 Å². The molecule has 0 fully saturated rings. The number of nitrogens with one attached hydrogen (secondary N) is 1. The zero-order chi connectivity index (χ0) is 7.28. The van der Waals surface area contributed by atoms with Crippen LogP contribution in [0.1, 0.15) is 13.8 Å². The second-order valence-electron chi connectivity index (χ2n) is 2.13. The smallest absolute Gasteiger partial charge is 0.0930 e. The molecule has 0 aromatic heterocycles. The van der Waals surface area contributed by atoms with Gasteiger partial charge in [-0.3, -0.25) is 0 Å². The summed E-state index contributed by atoms with van der Waals surface area (Å²) in [6, 6.07) is 1.98. The lowest BCUT2D eigenvalue weighted by Gasteiger charge is -2.07. The minimum Gasteiger partial charge on any atom is -0.391 e. The number of nitriles is 1. The molecule has 0 heterocycles. The largest absolute Gasteiger partial charge is 0.391 e. The van der Waals surface area contributed by atoms with Crippen molar-refractivity contribution >= 4 is 0 Å². The highest BCUT2D eigenvalue weighted by Gasteiger charge is 1.97. The van der Waals surface area contributed by atoms with Crippen LogP contribution < -0.4 is 5.32 Å². The molecule has 0 aromatic rings. The van der Waals surface area contributed by atoms with Gasteiger partial charge in [-0.05, 0) is 5.92 Å². The molecule has 0 aliphatic carbocycles. The molecule has 0 bridgehead atoms. The van der Waals surface area contributed by atoms with Crippen molar-refractivity contribution in [3.05, 3.63) is 11.8 Å². The summed E-state index contributed by atoms with van der Waals surface area (Å²) in [4.78, 5) is 0. The van der Waals surface area contributed by atoms with Gasteiger partial charge in [-0.2, -0.15) is 5.26 Å². The Labute approximate surface area is 56.2 Å². The first kappa shape index (κ1) is 8.03. The standard InChI is InChI=1S/C7H12N2/c1-6(2)7(9-3)4-5-8/h4,6,9H,1-3H3/b7-4-. The first-order valence-electron chi connectivity index (χ1n) is 2.99. The van der Waals surface area contributed by atoms with Crippen molar-refractivity contribution in [2.24, 2.45) is 5.92 Å². The number of hydrogen-bond acceptors (Lipinski definition) is 2. The molecular formula is C7H12N2. The average Bonchev–Trinajstić information content (AvgIpc) is 1.82. The summed E-state index contributed by atoms with van der Waals surface area (Å²) >= 11 is 0. The van der Waals surface area contributed by atoms with E-state index in [4.69, 9.17) is 5.26 Å². The van der Waals surface area contributed by atoms with Crippen LogP contribution in [0.25, 0.3) is 0 Å². The Hall–Kier alpha value is -0.970. The number of nitrogens with zero attached hydrogens (tertiary/aromatic N) is 1. The summed E-state index contributed by atoms with van der Waals surface area (Å²) < 4.78 is 0. The maximum absolute atomic E-state index is 8.25. The average molecular weight is 124 g/mol. The highest BCUT2D eigenvalue weighted by Crippen LogP contribution is 2.02. The van der Waals surface area contributed by atoms with Crippen molar-refractivity contribution in [3.63, 3.8) is 0 Å². The van der Waals surface area contributed by atoms with E-state index in [1.54, 1.807) is 0 Å². The Morgan fingerprint density at radius 3 is 2.33 bits per heavy atom. The SMILES string of the molecule is CN/C(=C\C#N)C(C)C. The van der Waals surface area contributed by atoms with Crippen molar-refractivity contribution in [1.82, 2.24) is 5.32 Å². The summed E-state index contributed by atoms with van der Waals surface area (Å²) in [7, 11) is 1.82. The van der Waals surface area contributed by atoms with Crippen LogP contribution in [0, 0.1) is 17.2 Å². The Kier molecular flexibility index (Phi) is 3.54. The maximum atomic E-state index is 8.25. The van der Waals surface area contributed by atoms with Crippen molar-refractivity contribution in [2.45, 2.75) is 13.8 Å². The lowest BCUT2D eigenvalue weighted by molar-refractivity contribution is 0.700. The van der Waals surface area contributed by atoms with Crippen LogP contribution in [0.5, 0.6) is 0 Å². The van der Waals surface area contributed by atoms with Crippen LogP contribution in [0.15, 0.2) is 11.8 Å². The first-order valence-corrected chi connectivity index (χ1v) is 2.99. The van der Waals surface area contributed by atoms with E-state index in [0.29, 0.717) is 5.92 Å². The molecule has 0 unspecified atom stereocenters. The predicted molar refractivity (Wildman–Crippen MR) is 37.6 cm³/mol. The van der Waals surface area contributed by atoms with E-state index in [1.807, 2.05) is 27.0 Å². The topological polar surface area (TPSA) is 35.8 Å². The van der Waals surface area contributed by atoms with E-state index in [0.717, 1.165) is 5.70 Å². The Morgan fingerprint density at radius 1 is 1.67 bits per heavy atom. The van der Waals surface area contributed by atoms with Crippen LogP contribution in [0.4, 0.5) is 0 Å². The van der Waals surface area contributed by atoms with Gasteiger partial charge in [0.1, 0.15) is 0 Å². The second-order valence-corrected chi connectivity index (χ2v) is 2.13. The fourth-order valence-corrected chi connectivity index (χ4v) is 0.597. The summed E-state index contributed by atoms with van der Waals surface area (Å²) in [6.45, 7) is 4.08. The van der Waals surface area contributed by atoms with Gasteiger partial charge in [-0.15, -0.1) is 0 Å². The molecule has 0 spiro atoms. The molecular weight excluding hydrogens is 112 g/mol. The molecule has 2 nitrogen and oxygen atoms in total. The zero-order valence-corrected chi connectivity index (χ0v) is 6.10. The van der Waals surface area contributed by atoms with Crippen LogP contribution in [0.2, 0.25) is 0 Å². The lowest BCUT2D eigenvalue weighted by Crippen LogP contribution is -2.10. The zero-order valence-electron chi connectivity index (χ0n) is 6.10. The van der Waals surface area contributed by atoms with E-state index in [-0.39, 0.29) is 0 Å². The number of hydrogen-bond donors (Lipinski definition) is 1. The van der Waals surface area contributed by atoms with Crippen molar-refractivity contribution in [1.29, 1.82) is 5.26 Å². The van der Waals surface area contributed by atoms with E-state index >= 15 is 0 Å². The molecule has 0 atom stereocenters. The Balaban J connectivity index is 4.02. The van der Waals surface area contributed by atoms with Gasteiger partial charge in [0.25, 0.3) is 0 Å². The van der Waals surface area contributed by atoms with Crippen molar-refractivity contribution in [3.8, 4) is 6.07 Å². The molecule has 0 saturated carbocycles. The molecule has 0 amide bonds. The van der Waals surface area contributed by atoms with Crippen LogP contribution in [-0.4, -0.2) is 7.05 Å². The maximum Gasteiger partial charge on any atom is 0.0930 e. The molecule has 2 heteroatoms. The van der Waals surface area contributed by atoms with Gasteiger partial charge >= 0.3 is 0 Å². The molecule has 9 heavy (non-hydrogen) atoms. The highest BCUT2D eigenvalue weighted by atomic mass is 14.8. The van der Waals surface area contributed by atoms with Gasteiger partial charge in [0.05, 0.1) is 6.07 Å². The summed E-state index contributed by atoms with van der Waals surface area (Å²) in [5.41, 5.74) is 0.984. The third-order valence-corrected chi connectivity index (χ3v) is 1.13. The minimum atomic E-state index is 0.412. The van der Waals surface area contributed by atoms with Gasteiger partial charge in [-0.1, -0.05) is 13.8 Å². The van der Waals surface area contributed by atoms with Gasteiger partial charge < -0.3 is 5.32 Å². The summed E-state index contributed by atoms with van der Waals surface area (Å²) in [5.74, 6) is 0.412. The van der Waals surface area contributed by atoms with E-state index < -0.39 is 0 Å². The summed E-state index contributed by atoms with van der Waals surface area (Å²) in [6.07, 6.45) is 1.53. The van der Waals surface area contributed by atoms with Crippen LogP contribution >= 0.6 is 0 Å². The molecule has 0 radical (unpaired) electrons. The van der Waals surface area contributed by atoms with Gasteiger partial charge in [-0.25, -0.2) is 0 Å². The fraction of sp³-hybridized carbons (Fsp3) is 0.571. The highest BCUT2D eigenvalue weighted by molar-refractivity contribution is 5.12. The molecule has 0 aliphatic heterocycles. The van der Waals surface area contributed by atoms with E-state index in [2.05, 4.69) is 5.32 Å². The molecule has 50 valence electrons. The molecule has 0 aliphatic rings. The van der Waals surface area contributed by atoms with Crippen molar-refractivity contribution < 1.29 is 0 Å².